The minimum absolute atomic E-state index is 0.00424. The van der Waals surface area contributed by atoms with Crippen LogP contribution in [0.15, 0.2) is 66.0 Å². The Morgan fingerprint density at radius 3 is 2.42 bits per heavy atom. The molecule has 0 bridgehead atoms. The predicted molar refractivity (Wildman–Crippen MR) is 136 cm³/mol. The van der Waals surface area contributed by atoms with Gasteiger partial charge in [-0.15, -0.1) is 24.5 Å². The third-order valence-corrected chi connectivity index (χ3v) is 6.95. The summed E-state index contributed by atoms with van der Waals surface area (Å²) >= 11 is 1.41. The summed E-state index contributed by atoms with van der Waals surface area (Å²) in [6.07, 6.45) is -4.77. The smallest absolute Gasteiger partial charge is 0.472 e. The van der Waals surface area contributed by atoms with Gasteiger partial charge in [0, 0.05) is 31.6 Å². The first kappa shape index (κ1) is 25.4. The van der Waals surface area contributed by atoms with Crippen LogP contribution in [-0.2, 0) is 6.61 Å². The van der Waals surface area contributed by atoms with Crippen LogP contribution in [0.1, 0.15) is 20.8 Å². The maximum atomic E-state index is 12.8. The molecule has 1 amide bonds. The van der Waals surface area contributed by atoms with E-state index in [1.165, 1.54) is 35.6 Å². The number of ether oxygens (including phenoxy) is 2. The van der Waals surface area contributed by atoms with Crippen molar-refractivity contribution in [1.29, 1.82) is 5.26 Å². The molecule has 0 radical (unpaired) electrons. The molecule has 4 aromatic rings. The van der Waals surface area contributed by atoms with Crippen molar-refractivity contribution in [3.63, 3.8) is 0 Å². The van der Waals surface area contributed by atoms with Gasteiger partial charge in [0.25, 0.3) is 5.91 Å². The van der Waals surface area contributed by atoms with E-state index in [4.69, 9.17) is 4.74 Å². The van der Waals surface area contributed by atoms with E-state index in [2.05, 4.69) is 20.7 Å². The van der Waals surface area contributed by atoms with Crippen molar-refractivity contribution >= 4 is 33.8 Å². The predicted octanol–water partition coefficient (Wildman–Crippen LogP) is 5.61. The second kappa shape index (κ2) is 10.6. The van der Waals surface area contributed by atoms with Crippen LogP contribution in [0.5, 0.6) is 11.6 Å². The maximum absolute atomic E-state index is 12.8. The second-order valence-corrected chi connectivity index (χ2v) is 9.45. The number of fused-ring (bicyclic) bond motifs is 1. The number of carbonyl (C=O) groups is 1. The SMILES string of the molecule is N#Cc1c(OCc2ccc(OC(F)(F)F)cc2)nc2ccccc2c1N1CCN(C(=O)c2cccs2)CC1. The van der Waals surface area contributed by atoms with Crippen molar-refractivity contribution in [1.82, 2.24) is 9.88 Å². The second-order valence-electron chi connectivity index (χ2n) is 8.51. The largest absolute Gasteiger partial charge is 0.573 e. The molecule has 38 heavy (non-hydrogen) atoms. The lowest BCUT2D eigenvalue weighted by molar-refractivity contribution is -0.274. The Labute approximate surface area is 220 Å². The Hall–Kier alpha value is -4.30. The summed E-state index contributed by atoms with van der Waals surface area (Å²) in [5.74, 6) is -0.203. The number of amides is 1. The Kier molecular flexibility index (Phi) is 7.07. The van der Waals surface area contributed by atoms with Crippen molar-refractivity contribution in [3.8, 4) is 17.7 Å². The van der Waals surface area contributed by atoms with Crippen molar-refractivity contribution in [2.75, 3.05) is 31.1 Å². The number of thiophene rings is 1. The first-order valence-electron chi connectivity index (χ1n) is 11.7. The van der Waals surface area contributed by atoms with Gasteiger partial charge in [-0.3, -0.25) is 4.79 Å². The summed E-state index contributed by atoms with van der Waals surface area (Å²) in [6.45, 7) is 2.05. The van der Waals surface area contributed by atoms with E-state index in [-0.39, 0.29) is 29.7 Å². The third kappa shape index (κ3) is 5.50. The van der Waals surface area contributed by atoms with Crippen molar-refractivity contribution in [3.05, 3.63) is 82.0 Å². The van der Waals surface area contributed by atoms with Gasteiger partial charge in [-0.25, -0.2) is 4.98 Å². The fraction of sp³-hybridized carbons (Fsp3) is 0.222. The zero-order chi connectivity index (χ0) is 26.7. The van der Waals surface area contributed by atoms with Gasteiger partial charge < -0.3 is 19.3 Å². The Bertz CT molecular complexity index is 1480. The van der Waals surface area contributed by atoms with Crippen LogP contribution in [0.25, 0.3) is 10.9 Å². The van der Waals surface area contributed by atoms with Gasteiger partial charge in [-0.2, -0.15) is 5.26 Å². The minimum atomic E-state index is -4.77. The first-order chi connectivity index (χ1) is 18.3. The lowest BCUT2D eigenvalue weighted by Gasteiger charge is -2.37. The van der Waals surface area contributed by atoms with Crippen molar-refractivity contribution < 1.29 is 27.4 Å². The zero-order valence-corrected chi connectivity index (χ0v) is 20.8. The number of anilines is 1. The highest BCUT2D eigenvalue weighted by molar-refractivity contribution is 7.12. The average Bonchev–Trinajstić information content (AvgIpc) is 3.46. The first-order valence-corrected chi connectivity index (χ1v) is 12.6. The van der Waals surface area contributed by atoms with Crippen LogP contribution in [0, 0.1) is 11.3 Å². The molecule has 5 rings (SSSR count). The number of alkyl halides is 3. The number of piperazine rings is 1. The standard InChI is InChI=1S/C27H21F3N4O3S/c28-27(29,30)37-19-9-7-18(8-10-19)17-36-25-21(16-31)24(20-4-1-2-5-22(20)32-25)33-11-13-34(14-12-33)26(35)23-6-3-15-38-23/h1-10,15H,11-14,17H2. The fourth-order valence-electron chi connectivity index (χ4n) is 4.33. The molecule has 1 fully saturated rings. The molecule has 0 spiro atoms. The number of hydrogen-bond donors (Lipinski definition) is 0. The van der Waals surface area contributed by atoms with Crippen LogP contribution in [0.4, 0.5) is 18.9 Å². The number of carbonyl (C=O) groups excluding carboxylic acids is 1. The number of hydrogen-bond acceptors (Lipinski definition) is 7. The lowest BCUT2D eigenvalue weighted by Crippen LogP contribution is -2.49. The molecule has 0 N–H and O–H groups in total. The molecular formula is C27H21F3N4O3S. The molecule has 1 saturated heterocycles. The third-order valence-electron chi connectivity index (χ3n) is 6.09. The highest BCUT2D eigenvalue weighted by Gasteiger charge is 2.31. The van der Waals surface area contributed by atoms with Crippen LogP contribution < -0.4 is 14.4 Å². The highest BCUT2D eigenvalue weighted by Crippen LogP contribution is 2.36. The van der Waals surface area contributed by atoms with Gasteiger partial charge in [0.05, 0.1) is 16.1 Å². The summed E-state index contributed by atoms with van der Waals surface area (Å²) < 4.78 is 47.1. The number of aromatic nitrogens is 1. The topological polar surface area (TPSA) is 78.7 Å². The Morgan fingerprint density at radius 2 is 1.76 bits per heavy atom. The van der Waals surface area contributed by atoms with E-state index in [9.17, 15) is 23.2 Å². The number of nitriles is 1. The van der Waals surface area contributed by atoms with Crippen LogP contribution in [0.3, 0.4) is 0 Å². The van der Waals surface area contributed by atoms with Crippen LogP contribution in [0.2, 0.25) is 0 Å². The number of para-hydroxylation sites is 1. The molecule has 2 aromatic heterocycles. The quantitative estimate of drug-likeness (QED) is 0.318. The molecule has 0 saturated carbocycles. The van der Waals surface area contributed by atoms with Crippen molar-refractivity contribution in [2.24, 2.45) is 0 Å². The maximum Gasteiger partial charge on any atom is 0.573 e. The van der Waals surface area contributed by atoms with E-state index in [1.807, 2.05) is 41.8 Å². The molecule has 0 aliphatic carbocycles. The molecule has 2 aromatic carbocycles. The summed E-state index contributed by atoms with van der Waals surface area (Å²) in [6, 6.07) is 18.6. The van der Waals surface area contributed by atoms with Gasteiger partial charge in [0.1, 0.15) is 24.0 Å². The number of rotatable bonds is 6. The number of benzene rings is 2. The molecule has 7 nitrogen and oxygen atoms in total. The van der Waals surface area contributed by atoms with E-state index in [0.717, 1.165) is 5.39 Å². The summed E-state index contributed by atoms with van der Waals surface area (Å²) in [5.41, 5.74) is 2.17. The fourth-order valence-corrected chi connectivity index (χ4v) is 5.03. The average molecular weight is 539 g/mol. The molecule has 3 heterocycles. The Morgan fingerprint density at radius 1 is 1.03 bits per heavy atom. The molecule has 1 aliphatic rings. The monoisotopic (exact) mass is 538 g/mol. The normalized spacial score (nSPS) is 13.8. The van der Waals surface area contributed by atoms with Crippen LogP contribution >= 0.6 is 11.3 Å². The number of nitrogens with zero attached hydrogens (tertiary/aromatic N) is 4. The molecule has 0 unspecified atom stereocenters. The van der Waals surface area contributed by atoms with Gasteiger partial charge >= 0.3 is 6.36 Å². The van der Waals surface area contributed by atoms with E-state index < -0.39 is 6.36 Å². The molecule has 0 atom stereocenters. The number of pyridine rings is 1. The zero-order valence-electron chi connectivity index (χ0n) is 19.9. The highest BCUT2D eigenvalue weighted by atomic mass is 32.1. The molecule has 11 heteroatoms. The summed E-state index contributed by atoms with van der Waals surface area (Å²) in [4.78, 5) is 21.9. The minimum Gasteiger partial charge on any atom is -0.472 e. The van der Waals surface area contributed by atoms with E-state index in [1.54, 1.807) is 4.90 Å². The summed E-state index contributed by atoms with van der Waals surface area (Å²) in [7, 11) is 0. The van der Waals surface area contributed by atoms with Gasteiger partial charge in [-0.1, -0.05) is 36.4 Å². The van der Waals surface area contributed by atoms with Gasteiger partial charge in [-0.05, 0) is 35.2 Å². The van der Waals surface area contributed by atoms with E-state index >= 15 is 0 Å². The van der Waals surface area contributed by atoms with Gasteiger partial charge in [0.2, 0.25) is 5.88 Å². The Balaban J connectivity index is 1.38. The number of halogens is 3. The van der Waals surface area contributed by atoms with Gasteiger partial charge in [0.15, 0.2) is 0 Å². The van der Waals surface area contributed by atoms with Crippen molar-refractivity contribution in [2.45, 2.75) is 13.0 Å². The lowest BCUT2D eigenvalue weighted by atomic mass is 10.1. The van der Waals surface area contributed by atoms with Crippen LogP contribution in [-0.4, -0.2) is 48.3 Å². The summed E-state index contributed by atoms with van der Waals surface area (Å²) in [5, 5.41) is 12.8. The molecule has 194 valence electrons. The van der Waals surface area contributed by atoms with E-state index in [0.29, 0.717) is 47.8 Å². The molecular weight excluding hydrogens is 517 g/mol. The molecule has 1 aliphatic heterocycles.